The number of nitrogens with one attached hydrogen (secondary N) is 1. The van der Waals surface area contributed by atoms with E-state index in [0.717, 1.165) is 29.0 Å². The number of hydrogen-bond donors (Lipinski definition) is 1. The lowest BCUT2D eigenvalue weighted by atomic mass is 10.1. The summed E-state index contributed by atoms with van der Waals surface area (Å²) in [4.78, 5) is 30.6. The summed E-state index contributed by atoms with van der Waals surface area (Å²) in [7, 11) is 0. The maximum Gasteiger partial charge on any atom is 0.276 e. The van der Waals surface area contributed by atoms with Gasteiger partial charge in [0.05, 0.1) is 12.3 Å². The highest BCUT2D eigenvalue weighted by atomic mass is 32.2. The monoisotopic (exact) mass is 407 g/mol. The minimum absolute atomic E-state index is 0.0174. The van der Waals surface area contributed by atoms with Crippen molar-refractivity contribution in [1.29, 1.82) is 0 Å². The Hall–Kier alpha value is -3.06. The van der Waals surface area contributed by atoms with E-state index < -0.39 is 0 Å². The van der Waals surface area contributed by atoms with Crippen LogP contribution >= 0.6 is 11.8 Å². The Balaban J connectivity index is 1.33. The molecule has 1 aliphatic heterocycles. The van der Waals surface area contributed by atoms with Crippen LogP contribution in [-0.4, -0.2) is 39.9 Å². The molecule has 0 saturated carbocycles. The molecule has 2 aromatic carbocycles. The number of carbonyl (C=O) groups is 2. The molecule has 0 unspecified atom stereocenters. The Morgan fingerprint density at radius 2 is 1.86 bits per heavy atom. The first-order chi connectivity index (χ1) is 14.2. The number of aromatic nitrogens is 1. The molecule has 1 aliphatic rings. The number of amides is 2. The van der Waals surface area contributed by atoms with Gasteiger partial charge in [-0.15, -0.1) is 11.8 Å². The van der Waals surface area contributed by atoms with Crippen LogP contribution in [0.1, 0.15) is 21.6 Å². The Bertz CT molecular complexity index is 980. The van der Waals surface area contributed by atoms with Gasteiger partial charge < -0.3 is 14.6 Å². The molecule has 1 aromatic heterocycles. The van der Waals surface area contributed by atoms with Crippen LogP contribution in [0.2, 0.25) is 0 Å². The maximum atomic E-state index is 12.4. The maximum absolute atomic E-state index is 12.4. The van der Waals surface area contributed by atoms with Crippen molar-refractivity contribution in [2.45, 2.75) is 13.0 Å². The van der Waals surface area contributed by atoms with Gasteiger partial charge in [-0.1, -0.05) is 42.5 Å². The highest BCUT2D eigenvalue weighted by Crippen LogP contribution is 2.22. The highest BCUT2D eigenvalue weighted by Gasteiger charge is 2.23. The Labute approximate surface area is 173 Å². The second kappa shape index (κ2) is 8.96. The third-order valence-electron chi connectivity index (χ3n) is 4.66. The first-order valence-electron chi connectivity index (χ1n) is 9.41. The zero-order chi connectivity index (χ0) is 20.1. The average Bonchev–Trinajstić information content (AvgIpc) is 3.45. The van der Waals surface area contributed by atoms with Gasteiger partial charge in [0.25, 0.3) is 5.91 Å². The fourth-order valence-electron chi connectivity index (χ4n) is 3.05. The highest BCUT2D eigenvalue weighted by molar-refractivity contribution is 7.99. The molecule has 1 saturated heterocycles. The molecular weight excluding hydrogens is 386 g/mol. The van der Waals surface area contributed by atoms with Crippen molar-refractivity contribution < 1.29 is 14.0 Å². The van der Waals surface area contributed by atoms with Gasteiger partial charge in [0.2, 0.25) is 11.8 Å². The number of nitrogens with zero attached hydrogens (tertiary/aromatic N) is 2. The van der Waals surface area contributed by atoms with E-state index in [1.807, 2.05) is 54.6 Å². The smallest absolute Gasteiger partial charge is 0.276 e. The molecule has 2 heterocycles. The quantitative estimate of drug-likeness (QED) is 0.678. The van der Waals surface area contributed by atoms with Crippen LogP contribution < -0.4 is 5.32 Å². The van der Waals surface area contributed by atoms with E-state index in [1.165, 1.54) is 6.26 Å². The number of benzene rings is 2. The summed E-state index contributed by atoms with van der Waals surface area (Å²) in [6.07, 6.45) is 1.78. The Morgan fingerprint density at radius 3 is 2.59 bits per heavy atom. The summed E-state index contributed by atoms with van der Waals surface area (Å²) in [5.74, 6) is 1.96. The van der Waals surface area contributed by atoms with Gasteiger partial charge in [-0.2, -0.15) is 0 Å². The molecule has 4 rings (SSSR count). The fraction of sp³-hybridized carbons (Fsp3) is 0.227. The second-order valence-corrected chi connectivity index (χ2v) is 7.85. The molecule has 6 nitrogen and oxygen atoms in total. The zero-order valence-electron chi connectivity index (χ0n) is 15.8. The van der Waals surface area contributed by atoms with Crippen molar-refractivity contribution in [3.63, 3.8) is 0 Å². The minimum Gasteiger partial charge on any atom is -0.444 e. The van der Waals surface area contributed by atoms with Gasteiger partial charge >= 0.3 is 0 Å². The largest absolute Gasteiger partial charge is 0.444 e. The van der Waals surface area contributed by atoms with Crippen LogP contribution in [0.4, 0.5) is 0 Å². The molecule has 1 fully saturated rings. The van der Waals surface area contributed by atoms with Crippen molar-refractivity contribution in [1.82, 2.24) is 15.2 Å². The lowest BCUT2D eigenvalue weighted by Crippen LogP contribution is -2.27. The molecule has 0 atom stereocenters. The van der Waals surface area contributed by atoms with Gasteiger partial charge in [0, 0.05) is 24.4 Å². The lowest BCUT2D eigenvalue weighted by Gasteiger charge is -2.11. The number of thioether (sulfide) groups is 1. The summed E-state index contributed by atoms with van der Waals surface area (Å²) in [5, 5.41) is 2.93. The standard InChI is InChI=1S/C22H21N3O3S/c26-20(12-16-4-2-1-3-5-16)23-13-17-6-8-18(9-7-17)21-24-19(14-28-21)22(27)25-10-11-29-15-25/h1-9,14H,10-13,15H2,(H,23,26). The molecule has 7 heteroatoms. The SMILES string of the molecule is O=C(Cc1ccccc1)NCc1ccc(-c2nc(C(=O)N3CCSC3)co2)cc1. The predicted octanol–water partition coefficient (Wildman–Crippen LogP) is 3.35. The van der Waals surface area contributed by atoms with E-state index in [0.29, 0.717) is 30.4 Å². The van der Waals surface area contributed by atoms with Crippen LogP contribution in [-0.2, 0) is 17.8 Å². The summed E-state index contributed by atoms with van der Waals surface area (Å²) in [6, 6.07) is 17.2. The van der Waals surface area contributed by atoms with Gasteiger partial charge in [0.1, 0.15) is 6.26 Å². The van der Waals surface area contributed by atoms with Crippen LogP contribution in [0.3, 0.4) is 0 Å². The molecule has 29 heavy (non-hydrogen) atoms. The number of carbonyl (C=O) groups excluding carboxylic acids is 2. The van der Waals surface area contributed by atoms with Gasteiger partial charge in [-0.25, -0.2) is 4.98 Å². The van der Waals surface area contributed by atoms with Crippen LogP contribution in [0.5, 0.6) is 0 Å². The summed E-state index contributed by atoms with van der Waals surface area (Å²) in [5.41, 5.74) is 3.09. The topological polar surface area (TPSA) is 75.4 Å². The van der Waals surface area contributed by atoms with Crippen molar-refractivity contribution in [2.24, 2.45) is 0 Å². The first kappa shape index (κ1) is 19.3. The van der Waals surface area contributed by atoms with E-state index in [-0.39, 0.29) is 11.8 Å². The van der Waals surface area contributed by atoms with Crippen LogP contribution in [0.15, 0.2) is 65.3 Å². The second-order valence-electron chi connectivity index (χ2n) is 6.78. The average molecular weight is 407 g/mol. The molecule has 3 aromatic rings. The number of hydrogen-bond acceptors (Lipinski definition) is 5. The first-order valence-corrected chi connectivity index (χ1v) is 10.6. The molecule has 148 valence electrons. The molecule has 0 spiro atoms. The van der Waals surface area contributed by atoms with Crippen molar-refractivity contribution in [2.75, 3.05) is 18.2 Å². The molecule has 0 bridgehead atoms. The van der Waals surface area contributed by atoms with E-state index in [1.54, 1.807) is 16.7 Å². The van der Waals surface area contributed by atoms with E-state index >= 15 is 0 Å². The summed E-state index contributed by atoms with van der Waals surface area (Å²) >= 11 is 1.73. The van der Waals surface area contributed by atoms with Crippen LogP contribution in [0, 0.1) is 0 Å². The molecule has 2 amide bonds. The number of rotatable bonds is 6. The third-order valence-corrected chi connectivity index (χ3v) is 5.63. The van der Waals surface area contributed by atoms with Gasteiger partial charge in [-0.3, -0.25) is 9.59 Å². The molecular formula is C22H21N3O3S. The Kier molecular flexibility index (Phi) is 5.95. The predicted molar refractivity (Wildman–Crippen MR) is 112 cm³/mol. The summed E-state index contributed by atoms with van der Waals surface area (Å²) < 4.78 is 5.50. The normalized spacial score (nSPS) is 13.4. The zero-order valence-corrected chi connectivity index (χ0v) is 16.7. The van der Waals surface area contributed by atoms with Crippen LogP contribution in [0.25, 0.3) is 11.5 Å². The molecule has 1 N–H and O–H groups in total. The van der Waals surface area contributed by atoms with E-state index in [2.05, 4.69) is 10.3 Å². The van der Waals surface area contributed by atoms with E-state index in [9.17, 15) is 9.59 Å². The van der Waals surface area contributed by atoms with Crippen molar-refractivity contribution in [3.8, 4) is 11.5 Å². The van der Waals surface area contributed by atoms with Gasteiger partial charge in [-0.05, 0) is 23.3 Å². The Morgan fingerprint density at radius 1 is 1.07 bits per heavy atom. The fourth-order valence-corrected chi connectivity index (χ4v) is 4.00. The lowest BCUT2D eigenvalue weighted by molar-refractivity contribution is -0.120. The van der Waals surface area contributed by atoms with Gasteiger partial charge in [0.15, 0.2) is 5.69 Å². The third kappa shape index (κ3) is 4.86. The molecule has 0 aliphatic carbocycles. The van der Waals surface area contributed by atoms with Crippen molar-refractivity contribution >= 4 is 23.6 Å². The minimum atomic E-state index is -0.0947. The van der Waals surface area contributed by atoms with E-state index in [4.69, 9.17) is 4.42 Å². The number of oxazole rings is 1. The van der Waals surface area contributed by atoms with Crippen molar-refractivity contribution in [3.05, 3.63) is 77.7 Å². The molecule has 0 radical (unpaired) electrons. The summed E-state index contributed by atoms with van der Waals surface area (Å²) in [6.45, 7) is 1.20.